The SMILES string of the molecule is O=C(NC1CCSc2ccc(F)cc21)c1csc(-c2ccccn2)n1. The summed E-state index contributed by atoms with van der Waals surface area (Å²) in [5, 5.41) is 5.42. The maximum atomic E-state index is 13.6. The first-order valence-corrected chi connectivity index (χ1v) is 9.67. The molecular formula is C18H14FN3OS2. The number of hydrogen-bond donors (Lipinski definition) is 1. The van der Waals surface area contributed by atoms with E-state index in [0.717, 1.165) is 28.3 Å². The molecule has 126 valence electrons. The smallest absolute Gasteiger partial charge is 0.271 e. The molecule has 2 aromatic heterocycles. The van der Waals surface area contributed by atoms with Gasteiger partial charge in [0, 0.05) is 22.2 Å². The first-order chi connectivity index (χ1) is 12.2. The molecular weight excluding hydrogens is 357 g/mol. The fraction of sp³-hybridized carbons (Fsp3) is 0.167. The predicted molar refractivity (Wildman–Crippen MR) is 97.3 cm³/mol. The van der Waals surface area contributed by atoms with Gasteiger partial charge in [-0.1, -0.05) is 6.07 Å². The number of fused-ring (bicyclic) bond motifs is 1. The van der Waals surface area contributed by atoms with Crippen molar-refractivity contribution in [3.05, 3.63) is 65.0 Å². The van der Waals surface area contributed by atoms with E-state index in [0.29, 0.717) is 10.7 Å². The Balaban J connectivity index is 1.54. The standard InChI is InChI=1S/C18H14FN3OS2/c19-11-4-5-16-12(9-11)13(6-8-24-16)21-17(23)15-10-25-18(22-15)14-3-1-2-7-20-14/h1-5,7,9-10,13H,6,8H2,(H,21,23). The highest BCUT2D eigenvalue weighted by molar-refractivity contribution is 7.99. The molecule has 1 unspecified atom stereocenters. The molecule has 1 aliphatic heterocycles. The van der Waals surface area contributed by atoms with Gasteiger partial charge >= 0.3 is 0 Å². The highest BCUT2D eigenvalue weighted by Gasteiger charge is 2.24. The second-order valence-electron chi connectivity index (χ2n) is 5.60. The van der Waals surface area contributed by atoms with Crippen LogP contribution in [-0.2, 0) is 0 Å². The van der Waals surface area contributed by atoms with Gasteiger partial charge in [0.2, 0.25) is 0 Å². The summed E-state index contributed by atoms with van der Waals surface area (Å²) in [6.45, 7) is 0. The molecule has 1 N–H and O–H groups in total. The summed E-state index contributed by atoms with van der Waals surface area (Å²) < 4.78 is 13.6. The van der Waals surface area contributed by atoms with E-state index < -0.39 is 0 Å². The molecule has 3 heterocycles. The summed E-state index contributed by atoms with van der Waals surface area (Å²) in [4.78, 5) is 22.2. The molecule has 25 heavy (non-hydrogen) atoms. The number of halogens is 1. The molecule has 3 aromatic rings. The van der Waals surface area contributed by atoms with Crippen LogP contribution < -0.4 is 5.32 Å². The quantitative estimate of drug-likeness (QED) is 0.745. The molecule has 0 radical (unpaired) electrons. The Labute approximate surface area is 152 Å². The lowest BCUT2D eigenvalue weighted by molar-refractivity contribution is 0.0930. The van der Waals surface area contributed by atoms with Crippen molar-refractivity contribution < 1.29 is 9.18 Å². The summed E-state index contributed by atoms with van der Waals surface area (Å²) in [5.74, 6) is 0.358. The molecule has 0 spiro atoms. The van der Waals surface area contributed by atoms with E-state index in [1.807, 2.05) is 18.2 Å². The fourth-order valence-corrected chi connectivity index (χ4v) is 4.61. The van der Waals surface area contributed by atoms with Crippen molar-refractivity contribution in [2.45, 2.75) is 17.4 Å². The van der Waals surface area contributed by atoms with E-state index in [2.05, 4.69) is 15.3 Å². The molecule has 0 saturated heterocycles. The lowest BCUT2D eigenvalue weighted by Crippen LogP contribution is -2.31. The number of carbonyl (C=O) groups excluding carboxylic acids is 1. The van der Waals surface area contributed by atoms with Crippen molar-refractivity contribution in [2.24, 2.45) is 0 Å². The van der Waals surface area contributed by atoms with Gasteiger partial charge in [-0.05, 0) is 42.3 Å². The minimum atomic E-state index is -0.286. The zero-order valence-electron chi connectivity index (χ0n) is 13.1. The van der Waals surface area contributed by atoms with Crippen molar-refractivity contribution in [3.63, 3.8) is 0 Å². The molecule has 0 saturated carbocycles. The Hall–Kier alpha value is -2.25. The molecule has 1 atom stereocenters. The number of hydrogen-bond acceptors (Lipinski definition) is 5. The normalized spacial score (nSPS) is 16.3. The van der Waals surface area contributed by atoms with Gasteiger partial charge in [-0.3, -0.25) is 9.78 Å². The van der Waals surface area contributed by atoms with Crippen LogP contribution in [0, 0.1) is 5.82 Å². The van der Waals surface area contributed by atoms with Crippen molar-refractivity contribution >= 4 is 29.0 Å². The summed E-state index contributed by atoms with van der Waals surface area (Å²) in [5.41, 5.74) is 1.94. The van der Waals surface area contributed by atoms with Crippen molar-refractivity contribution in [1.29, 1.82) is 0 Å². The van der Waals surface area contributed by atoms with Gasteiger partial charge in [-0.25, -0.2) is 9.37 Å². The number of nitrogens with zero attached hydrogens (tertiary/aromatic N) is 2. The monoisotopic (exact) mass is 371 g/mol. The molecule has 1 aromatic carbocycles. The van der Waals surface area contributed by atoms with Crippen molar-refractivity contribution in [2.75, 3.05) is 5.75 Å². The average Bonchev–Trinajstić information content (AvgIpc) is 3.13. The summed E-state index contributed by atoms with van der Waals surface area (Å²) in [6, 6.07) is 10.1. The van der Waals surface area contributed by atoms with E-state index in [1.54, 1.807) is 29.4 Å². The third kappa shape index (κ3) is 3.43. The Morgan fingerprint density at radius 1 is 1.28 bits per heavy atom. The lowest BCUT2D eigenvalue weighted by Gasteiger charge is -2.25. The third-order valence-electron chi connectivity index (χ3n) is 3.94. The van der Waals surface area contributed by atoms with Gasteiger partial charge in [0.1, 0.15) is 16.5 Å². The number of benzene rings is 1. The van der Waals surface area contributed by atoms with Crippen molar-refractivity contribution in [1.82, 2.24) is 15.3 Å². The van der Waals surface area contributed by atoms with Crippen molar-refractivity contribution in [3.8, 4) is 10.7 Å². The molecule has 0 bridgehead atoms. The summed E-state index contributed by atoms with van der Waals surface area (Å²) in [6.07, 6.45) is 2.46. The number of carbonyl (C=O) groups is 1. The van der Waals surface area contributed by atoms with Crippen LogP contribution in [0.5, 0.6) is 0 Å². The molecule has 1 aliphatic rings. The molecule has 4 nitrogen and oxygen atoms in total. The topological polar surface area (TPSA) is 54.9 Å². The number of nitrogens with one attached hydrogen (secondary N) is 1. The van der Waals surface area contributed by atoms with E-state index in [1.165, 1.54) is 23.5 Å². The highest BCUT2D eigenvalue weighted by Crippen LogP contribution is 2.36. The van der Waals surface area contributed by atoms with E-state index in [4.69, 9.17) is 0 Å². The fourth-order valence-electron chi connectivity index (χ4n) is 2.73. The van der Waals surface area contributed by atoms with Crippen LogP contribution >= 0.6 is 23.1 Å². The molecule has 0 aliphatic carbocycles. The van der Waals surface area contributed by atoms with Gasteiger partial charge in [-0.15, -0.1) is 23.1 Å². The number of thioether (sulfide) groups is 1. The number of pyridine rings is 1. The first-order valence-electron chi connectivity index (χ1n) is 7.81. The second-order valence-corrected chi connectivity index (χ2v) is 7.59. The van der Waals surface area contributed by atoms with Gasteiger partial charge in [0.25, 0.3) is 5.91 Å². The van der Waals surface area contributed by atoms with Crippen LogP contribution in [0.2, 0.25) is 0 Å². The zero-order chi connectivity index (χ0) is 17.2. The third-order valence-corrected chi connectivity index (χ3v) is 5.92. The Kier molecular flexibility index (Phi) is 4.50. The van der Waals surface area contributed by atoms with E-state index >= 15 is 0 Å². The van der Waals surface area contributed by atoms with Crippen LogP contribution in [0.25, 0.3) is 10.7 Å². The number of amides is 1. The maximum Gasteiger partial charge on any atom is 0.271 e. The average molecular weight is 371 g/mol. The number of rotatable bonds is 3. The zero-order valence-corrected chi connectivity index (χ0v) is 14.7. The van der Waals surface area contributed by atoms with Gasteiger partial charge < -0.3 is 5.32 Å². The summed E-state index contributed by atoms with van der Waals surface area (Å²) in [7, 11) is 0. The van der Waals surface area contributed by atoms with Gasteiger partial charge in [-0.2, -0.15) is 0 Å². The van der Waals surface area contributed by atoms with Gasteiger partial charge in [0.05, 0.1) is 11.7 Å². The second kappa shape index (κ2) is 6.93. The van der Waals surface area contributed by atoms with Crippen LogP contribution in [0.15, 0.2) is 52.9 Å². The highest BCUT2D eigenvalue weighted by atomic mass is 32.2. The molecule has 4 rings (SSSR count). The summed E-state index contributed by atoms with van der Waals surface area (Å²) >= 11 is 3.07. The lowest BCUT2D eigenvalue weighted by atomic mass is 10.0. The maximum absolute atomic E-state index is 13.6. The minimum Gasteiger partial charge on any atom is -0.344 e. The van der Waals surface area contributed by atoms with E-state index in [9.17, 15) is 9.18 Å². The van der Waals surface area contributed by atoms with Crippen LogP contribution in [0.4, 0.5) is 4.39 Å². The van der Waals surface area contributed by atoms with Gasteiger partial charge in [0.15, 0.2) is 0 Å². The first kappa shape index (κ1) is 16.2. The van der Waals surface area contributed by atoms with Crippen LogP contribution in [0.3, 0.4) is 0 Å². The Bertz CT molecular complexity index is 914. The van der Waals surface area contributed by atoms with Crippen LogP contribution in [0.1, 0.15) is 28.5 Å². The Morgan fingerprint density at radius 2 is 2.20 bits per heavy atom. The van der Waals surface area contributed by atoms with E-state index in [-0.39, 0.29) is 17.8 Å². The molecule has 1 amide bonds. The number of thiazole rings is 1. The predicted octanol–water partition coefficient (Wildman–Crippen LogP) is 4.31. The Morgan fingerprint density at radius 3 is 3.04 bits per heavy atom. The molecule has 7 heteroatoms. The van der Waals surface area contributed by atoms with Crippen LogP contribution in [-0.4, -0.2) is 21.6 Å². The largest absolute Gasteiger partial charge is 0.344 e. The minimum absolute atomic E-state index is 0.195. The number of aromatic nitrogens is 2. The molecule has 0 fully saturated rings.